The normalized spacial score (nSPS) is 13.6. The number of ether oxygens (including phenoxy) is 5. The number of aromatic nitrogens is 4. The second-order valence-electron chi connectivity index (χ2n) is 13.7. The summed E-state index contributed by atoms with van der Waals surface area (Å²) in [5.74, 6) is 1.67. The molecular formula is C40H45Cl2N5O7S2. The first kappa shape index (κ1) is 41.8. The molecular weight excluding hydrogens is 798 g/mol. The predicted octanol–water partition coefficient (Wildman–Crippen LogP) is 8.57. The summed E-state index contributed by atoms with van der Waals surface area (Å²) in [6, 6.07) is 10.0. The van der Waals surface area contributed by atoms with Crippen LogP contribution in [0.1, 0.15) is 50.9 Å². The number of nitrogens with one attached hydrogen (secondary N) is 2. The van der Waals surface area contributed by atoms with E-state index >= 15 is 0 Å². The first-order valence-electron chi connectivity index (χ1n) is 18.2. The van der Waals surface area contributed by atoms with Crippen molar-refractivity contribution in [3.8, 4) is 32.9 Å². The van der Waals surface area contributed by atoms with Crippen molar-refractivity contribution in [1.29, 1.82) is 0 Å². The Morgan fingerprint density at radius 1 is 0.768 bits per heavy atom. The molecule has 7 rings (SSSR count). The Labute approximate surface area is 342 Å². The average molecular weight is 843 g/mol. The second kappa shape index (κ2) is 19.1. The first-order chi connectivity index (χ1) is 27.0. The highest BCUT2D eigenvalue weighted by Crippen LogP contribution is 2.34. The van der Waals surface area contributed by atoms with Crippen LogP contribution in [0.3, 0.4) is 0 Å². The Balaban J connectivity index is 0.000000190. The van der Waals surface area contributed by atoms with Crippen LogP contribution in [-0.2, 0) is 14.2 Å². The van der Waals surface area contributed by atoms with Crippen LogP contribution in [0.15, 0.2) is 56.7 Å². The van der Waals surface area contributed by atoms with Crippen LogP contribution in [0.25, 0.3) is 43.2 Å². The van der Waals surface area contributed by atoms with Gasteiger partial charge in [-0.05, 0) is 36.1 Å². The van der Waals surface area contributed by atoms with E-state index in [2.05, 4.69) is 52.5 Å². The van der Waals surface area contributed by atoms with Crippen LogP contribution in [0.2, 0.25) is 10.0 Å². The standard InChI is InChI=1S/C21H24ClN3O3S.C19H21ClN2O4S/c1-13(2)16-12-29-21(24-16)15-11-17(26)14-3-4-18(19(22)20(14)23-15)28-10-7-25-5-8-27-9-6-25;1-10(2)13-9-27-19(22-13)12-7-14(23)11-5-6-15(17(20)18(11)21-12)26-8-16(24-3)25-4/h3-4,11-13H,5-10H2,1-2H3,(H,23,26);5-7,9-10,16H,8H2,1-4H3,(H,21,23). The number of halogens is 2. The Morgan fingerprint density at radius 3 is 1.70 bits per heavy atom. The number of nitrogens with zero attached hydrogens (tertiary/aromatic N) is 3. The molecule has 1 fully saturated rings. The van der Waals surface area contributed by atoms with Crippen LogP contribution < -0.4 is 20.3 Å². The number of fused-ring (bicyclic) bond motifs is 2. The van der Waals surface area contributed by atoms with E-state index in [9.17, 15) is 9.59 Å². The minimum Gasteiger partial charge on any atom is -0.491 e. The van der Waals surface area contributed by atoms with Gasteiger partial charge in [-0.25, -0.2) is 9.97 Å². The number of benzene rings is 2. The number of morpholine rings is 1. The number of pyridine rings is 2. The number of rotatable bonds is 13. The zero-order valence-corrected chi connectivity index (χ0v) is 35.2. The van der Waals surface area contributed by atoms with Crippen LogP contribution in [0.5, 0.6) is 11.5 Å². The lowest BCUT2D eigenvalue weighted by Crippen LogP contribution is -2.38. The summed E-state index contributed by atoms with van der Waals surface area (Å²) in [5.41, 5.74) is 4.20. The second-order valence-corrected chi connectivity index (χ2v) is 16.1. The first-order valence-corrected chi connectivity index (χ1v) is 20.7. The molecule has 0 amide bonds. The zero-order valence-electron chi connectivity index (χ0n) is 32.1. The number of hydrogen-bond donors (Lipinski definition) is 2. The van der Waals surface area contributed by atoms with Gasteiger partial charge >= 0.3 is 0 Å². The number of methoxy groups -OCH3 is 2. The minimum atomic E-state index is -0.507. The molecule has 0 saturated carbocycles. The van der Waals surface area contributed by atoms with Crippen molar-refractivity contribution in [3.05, 3.63) is 89.0 Å². The van der Waals surface area contributed by atoms with E-state index < -0.39 is 6.29 Å². The largest absolute Gasteiger partial charge is 0.491 e. The van der Waals surface area contributed by atoms with Crippen LogP contribution in [0, 0.1) is 0 Å². The summed E-state index contributed by atoms with van der Waals surface area (Å²) in [6.07, 6.45) is -0.507. The molecule has 4 aromatic heterocycles. The molecule has 0 atom stereocenters. The molecule has 1 saturated heterocycles. The van der Waals surface area contributed by atoms with E-state index in [4.69, 9.17) is 46.9 Å². The van der Waals surface area contributed by atoms with Gasteiger partial charge in [-0.2, -0.15) is 0 Å². The van der Waals surface area contributed by atoms with E-state index in [0.29, 0.717) is 73.2 Å². The predicted molar refractivity (Wildman–Crippen MR) is 226 cm³/mol. The molecule has 12 nitrogen and oxygen atoms in total. The lowest BCUT2D eigenvalue weighted by Gasteiger charge is -2.26. The highest BCUT2D eigenvalue weighted by atomic mass is 35.5. The van der Waals surface area contributed by atoms with E-state index in [1.54, 1.807) is 36.4 Å². The smallest absolute Gasteiger partial charge is 0.191 e. The van der Waals surface area contributed by atoms with Crippen LogP contribution >= 0.6 is 45.9 Å². The van der Waals surface area contributed by atoms with Gasteiger partial charge in [-0.15, -0.1) is 22.7 Å². The summed E-state index contributed by atoms with van der Waals surface area (Å²) in [7, 11) is 3.06. The third-order valence-electron chi connectivity index (χ3n) is 9.17. The Bertz CT molecular complexity index is 2380. The molecule has 0 aliphatic carbocycles. The van der Waals surface area contributed by atoms with Gasteiger partial charge in [0.2, 0.25) is 0 Å². The lowest BCUT2D eigenvalue weighted by atomic mass is 10.1. The quantitative estimate of drug-likeness (QED) is 0.109. The molecule has 5 heterocycles. The third kappa shape index (κ3) is 9.80. The van der Waals surface area contributed by atoms with Gasteiger partial charge in [-0.1, -0.05) is 50.9 Å². The van der Waals surface area contributed by atoms with Gasteiger partial charge in [0.25, 0.3) is 0 Å². The van der Waals surface area contributed by atoms with Crippen molar-refractivity contribution in [3.63, 3.8) is 0 Å². The lowest BCUT2D eigenvalue weighted by molar-refractivity contribution is -0.121. The van der Waals surface area contributed by atoms with Crippen molar-refractivity contribution in [2.75, 3.05) is 60.3 Å². The molecule has 0 spiro atoms. The molecule has 2 aromatic carbocycles. The third-order valence-corrected chi connectivity index (χ3v) is 11.7. The van der Waals surface area contributed by atoms with Gasteiger partial charge < -0.3 is 33.7 Å². The van der Waals surface area contributed by atoms with E-state index in [1.165, 1.54) is 36.9 Å². The Morgan fingerprint density at radius 2 is 1.25 bits per heavy atom. The monoisotopic (exact) mass is 841 g/mol. The van der Waals surface area contributed by atoms with Crippen LogP contribution in [-0.4, -0.2) is 91.4 Å². The Hall–Kier alpha value is -3.86. The molecule has 1 aliphatic rings. The van der Waals surface area contributed by atoms with Gasteiger partial charge in [0, 0.05) is 67.5 Å². The van der Waals surface area contributed by atoms with Gasteiger partial charge in [0.15, 0.2) is 17.1 Å². The zero-order chi connectivity index (χ0) is 39.9. The maximum Gasteiger partial charge on any atom is 0.191 e. The number of thiazole rings is 2. The summed E-state index contributed by atoms with van der Waals surface area (Å²) in [5, 5.41) is 7.34. The Kier molecular flexibility index (Phi) is 14.2. The van der Waals surface area contributed by atoms with Gasteiger partial charge in [-0.3, -0.25) is 14.5 Å². The van der Waals surface area contributed by atoms with Crippen molar-refractivity contribution in [1.82, 2.24) is 24.8 Å². The topological polar surface area (TPSA) is 141 Å². The molecule has 6 aromatic rings. The highest BCUT2D eigenvalue weighted by Gasteiger charge is 2.18. The maximum absolute atomic E-state index is 12.6. The van der Waals surface area contributed by atoms with Crippen LogP contribution in [0.4, 0.5) is 0 Å². The van der Waals surface area contributed by atoms with E-state index in [-0.39, 0.29) is 17.5 Å². The number of H-pyrrole nitrogens is 2. The molecule has 2 N–H and O–H groups in total. The van der Waals surface area contributed by atoms with Gasteiger partial charge in [0.1, 0.15) is 44.8 Å². The molecule has 0 bridgehead atoms. The molecule has 1 aliphatic heterocycles. The highest BCUT2D eigenvalue weighted by molar-refractivity contribution is 7.13. The minimum absolute atomic E-state index is 0.0863. The van der Waals surface area contributed by atoms with Crippen molar-refractivity contribution < 1.29 is 23.7 Å². The molecule has 0 unspecified atom stereocenters. The summed E-state index contributed by atoms with van der Waals surface area (Å²) in [4.78, 5) is 43.3. The van der Waals surface area contributed by atoms with E-state index in [0.717, 1.165) is 54.3 Å². The molecule has 298 valence electrons. The molecule has 0 radical (unpaired) electrons. The summed E-state index contributed by atoms with van der Waals surface area (Å²) < 4.78 is 27.2. The number of hydrogen-bond acceptors (Lipinski definition) is 12. The van der Waals surface area contributed by atoms with Crippen molar-refractivity contribution >= 4 is 67.7 Å². The van der Waals surface area contributed by atoms with E-state index in [1.807, 2.05) is 10.8 Å². The summed E-state index contributed by atoms with van der Waals surface area (Å²) in [6.45, 7) is 13.2. The average Bonchev–Trinajstić information content (AvgIpc) is 3.90. The molecule has 56 heavy (non-hydrogen) atoms. The molecule has 16 heteroatoms. The fourth-order valence-electron chi connectivity index (χ4n) is 5.83. The fourth-order valence-corrected chi connectivity index (χ4v) is 8.27. The maximum atomic E-state index is 12.6. The number of aromatic amines is 2. The van der Waals surface area contributed by atoms with Crippen molar-refractivity contribution in [2.45, 2.75) is 45.8 Å². The van der Waals surface area contributed by atoms with Crippen molar-refractivity contribution in [2.24, 2.45) is 0 Å². The fraction of sp³-hybridized carbons (Fsp3) is 0.400. The van der Waals surface area contributed by atoms with Gasteiger partial charge in [0.05, 0.1) is 47.0 Å². The summed E-state index contributed by atoms with van der Waals surface area (Å²) >= 11 is 16.1. The SMILES string of the molecule is CC(C)c1csc(-c2cc(=O)c3ccc(OCCN4CCOCC4)c(Cl)c3[nH]2)n1.COC(COc1ccc2c(=O)cc(-c3nc(C(C)C)cs3)[nH]c2c1Cl)OC.